The van der Waals surface area contributed by atoms with Crippen molar-refractivity contribution >= 4 is 27.8 Å². The van der Waals surface area contributed by atoms with E-state index >= 15 is 0 Å². The van der Waals surface area contributed by atoms with Crippen LogP contribution in [0.15, 0.2) is 28.7 Å². The molecule has 1 fully saturated rings. The number of carbonyl (C=O) groups excluding carboxylic acids is 1. The van der Waals surface area contributed by atoms with E-state index in [9.17, 15) is 14.7 Å². The fourth-order valence-electron chi connectivity index (χ4n) is 2.11. The van der Waals surface area contributed by atoms with Crippen molar-refractivity contribution in [1.82, 2.24) is 5.32 Å². The van der Waals surface area contributed by atoms with Gasteiger partial charge in [-0.15, -0.1) is 0 Å². The molecule has 0 unspecified atom stereocenters. The highest BCUT2D eigenvalue weighted by Crippen LogP contribution is 2.14. The number of ether oxygens (including phenoxy) is 1. The predicted octanol–water partition coefficient (Wildman–Crippen LogP) is 1.74. The largest absolute Gasteiger partial charge is 0.480 e. The monoisotopic (exact) mass is 341 g/mol. The number of aliphatic carboxylic acids is 1. The van der Waals surface area contributed by atoms with Gasteiger partial charge in [-0.1, -0.05) is 28.1 Å². The average Bonchev–Trinajstić information content (AvgIpc) is 2.94. The van der Waals surface area contributed by atoms with Gasteiger partial charge in [0, 0.05) is 17.5 Å². The number of carboxylic acid groups (broad SMARTS) is 1. The zero-order valence-corrected chi connectivity index (χ0v) is 12.4. The summed E-state index contributed by atoms with van der Waals surface area (Å²) in [6, 6.07) is 6.41. The Kier molecular flexibility index (Phi) is 5.14. The van der Waals surface area contributed by atoms with E-state index in [1.807, 2.05) is 24.3 Å². The number of hydrogen-bond donors (Lipinski definition) is 2. The van der Waals surface area contributed by atoms with E-state index in [4.69, 9.17) is 4.74 Å². The van der Waals surface area contributed by atoms with E-state index in [1.165, 1.54) is 0 Å². The van der Waals surface area contributed by atoms with E-state index in [-0.39, 0.29) is 12.3 Å². The van der Waals surface area contributed by atoms with Gasteiger partial charge in [-0.25, -0.2) is 4.79 Å². The van der Waals surface area contributed by atoms with E-state index in [0.29, 0.717) is 13.0 Å². The van der Waals surface area contributed by atoms with Crippen molar-refractivity contribution in [1.29, 1.82) is 0 Å². The van der Waals surface area contributed by atoms with Crippen LogP contribution < -0.4 is 5.32 Å². The highest BCUT2D eigenvalue weighted by Gasteiger charge is 2.28. The number of benzene rings is 1. The van der Waals surface area contributed by atoms with E-state index < -0.39 is 18.1 Å². The van der Waals surface area contributed by atoms with Gasteiger partial charge in [-0.05, 0) is 30.5 Å². The molecular formula is C14H16BrNO4. The highest BCUT2D eigenvalue weighted by molar-refractivity contribution is 9.10. The normalized spacial score (nSPS) is 19.6. The van der Waals surface area contributed by atoms with Crippen molar-refractivity contribution in [3.63, 3.8) is 0 Å². The van der Waals surface area contributed by atoms with Crippen LogP contribution in [-0.2, 0) is 20.7 Å². The molecule has 1 aliphatic rings. The molecule has 2 N–H and O–H groups in total. The Hall–Kier alpha value is -1.40. The second-order valence-corrected chi connectivity index (χ2v) is 5.65. The van der Waals surface area contributed by atoms with Gasteiger partial charge in [0.15, 0.2) is 0 Å². The predicted molar refractivity (Wildman–Crippen MR) is 76.4 cm³/mol. The topological polar surface area (TPSA) is 75.6 Å². The molecule has 1 aliphatic heterocycles. The lowest BCUT2D eigenvalue weighted by atomic mass is 10.1. The van der Waals surface area contributed by atoms with Crippen molar-refractivity contribution in [2.45, 2.75) is 31.4 Å². The van der Waals surface area contributed by atoms with Gasteiger partial charge >= 0.3 is 5.97 Å². The van der Waals surface area contributed by atoms with Crippen LogP contribution in [0.2, 0.25) is 0 Å². The van der Waals surface area contributed by atoms with E-state index in [1.54, 1.807) is 0 Å². The molecule has 0 aromatic heterocycles. The average molecular weight is 342 g/mol. The summed E-state index contributed by atoms with van der Waals surface area (Å²) in [4.78, 5) is 23.2. The van der Waals surface area contributed by atoms with Crippen molar-refractivity contribution in [3.05, 3.63) is 34.3 Å². The molecule has 5 nitrogen and oxygen atoms in total. The van der Waals surface area contributed by atoms with E-state index in [2.05, 4.69) is 21.2 Å². The number of amides is 1. The van der Waals surface area contributed by atoms with Crippen LogP contribution in [0, 0.1) is 0 Å². The molecule has 20 heavy (non-hydrogen) atoms. The first-order chi connectivity index (χ1) is 9.56. The third kappa shape index (κ3) is 4.05. The molecule has 0 aliphatic carbocycles. The van der Waals surface area contributed by atoms with Crippen LogP contribution >= 0.6 is 15.9 Å². The number of carboxylic acids is 1. The number of rotatable bonds is 5. The molecule has 2 atom stereocenters. The summed E-state index contributed by atoms with van der Waals surface area (Å²) in [5, 5.41) is 11.8. The van der Waals surface area contributed by atoms with Crippen molar-refractivity contribution in [2.75, 3.05) is 6.61 Å². The second kappa shape index (κ2) is 6.85. The molecule has 6 heteroatoms. The van der Waals surface area contributed by atoms with Gasteiger partial charge < -0.3 is 15.2 Å². The lowest BCUT2D eigenvalue weighted by Gasteiger charge is -2.17. The molecule has 1 aromatic carbocycles. The van der Waals surface area contributed by atoms with Gasteiger partial charge in [0.2, 0.25) is 5.91 Å². The van der Waals surface area contributed by atoms with Crippen LogP contribution in [0.1, 0.15) is 18.4 Å². The standard InChI is InChI=1S/C14H16BrNO4/c15-10-5-3-9(4-6-10)8-11(14(18)19)16-13(17)12-2-1-7-20-12/h3-6,11-12H,1-2,7-8H2,(H,16,17)(H,18,19)/t11-,12+/m1/s1. The van der Waals surface area contributed by atoms with Crippen LogP contribution in [0.5, 0.6) is 0 Å². The van der Waals surface area contributed by atoms with Gasteiger partial charge in [0.05, 0.1) is 0 Å². The molecule has 0 saturated carbocycles. The molecule has 0 spiro atoms. The Morgan fingerprint density at radius 3 is 2.65 bits per heavy atom. The lowest BCUT2D eigenvalue weighted by Crippen LogP contribution is -2.46. The summed E-state index contributed by atoms with van der Waals surface area (Å²) < 4.78 is 6.18. The molecule has 1 amide bonds. The fraction of sp³-hybridized carbons (Fsp3) is 0.429. The number of nitrogens with one attached hydrogen (secondary N) is 1. The Bertz CT molecular complexity index is 482. The fourth-order valence-corrected chi connectivity index (χ4v) is 2.37. The summed E-state index contributed by atoms with van der Waals surface area (Å²) in [5.41, 5.74) is 0.855. The lowest BCUT2D eigenvalue weighted by molar-refractivity contribution is -0.143. The molecule has 1 aromatic rings. The van der Waals surface area contributed by atoms with Gasteiger partial charge in [-0.3, -0.25) is 4.79 Å². The molecule has 108 valence electrons. The summed E-state index contributed by atoms with van der Waals surface area (Å²) in [6.07, 6.45) is 1.22. The SMILES string of the molecule is O=C(N[C@H](Cc1ccc(Br)cc1)C(=O)O)[C@@H]1CCCO1. The first-order valence-corrected chi connectivity index (χ1v) is 7.25. The van der Waals surface area contributed by atoms with Crippen LogP contribution in [0.3, 0.4) is 0 Å². The second-order valence-electron chi connectivity index (χ2n) is 4.73. The maximum absolute atomic E-state index is 11.9. The summed E-state index contributed by atoms with van der Waals surface area (Å²) in [7, 11) is 0. The van der Waals surface area contributed by atoms with Gasteiger partial charge in [0.25, 0.3) is 0 Å². The van der Waals surface area contributed by atoms with E-state index in [0.717, 1.165) is 16.5 Å². The quantitative estimate of drug-likeness (QED) is 0.855. The third-order valence-corrected chi connectivity index (χ3v) is 3.72. The Labute approximate surface area is 125 Å². The highest BCUT2D eigenvalue weighted by atomic mass is 79.9. The number of carbonyl (C=O) groups is 2. The third-order valence-electron chi connectivity index (χ3n) is 3.19. The molecular weight excluding hydrogens is 326 g/mol. The molecule has 0 bridgehead atoms. The maximum atomic E-state index is 11.9. The zero-order chi connectivity index (χ0) is 14.5. The first-order valence-electron chi connectivity index (χ1n) is 6.45. The van der Waals surface area contributed by atoms with Crippen LogP contribution in [0.25, 0.3) is 0 Å². The van der Waals surface area contributed by atoms with Gasteiger partial charge in [0.1, 0.15) is 12.1 Å². The Morgan fingerprint density at radius 2 is 2.10 bits per heavy atom. The summed E-state index contributed by atoms with van der Waals surface area (Å²) >= 11 is 3.32. The summed E-state index contributed by atoms with van der Waals surface area (Å²) in [6.45, 7) is 0.558. The van der Waals surface area contributed by atoms with Gasteiger partial charge in [-0.2, -0.15) is 0 Å². The number of halogens is 1. The van der Waals surface area contributed by atoms with Crippen LogP contribution in [-0.4, -0.2) is 35.7 Å². The Balaban J connectivity index is 1.98. The number of hydrogen-bond acceptors (Lipinski definition) is 3. The molecule has 2 rings (SSSR count). The van der Waals surface area contributed by atoms with Crippen molar-refractivity contribution in [3.8, 4) is 0 Å². The molecule has 1 heterocycles. The smallest absolute Gasteiger partial charge is 0.326 e. The van der Waals surface area contributed by atoms with Crippen molar-refractivity contribution < 1.29 is 19.4 Å². The minimum Gasteiger partial charge on any atom is -0.480 e. The first kappa shape index (κ1) is 15.0. The maximum Gasteiger partial charge on any atom is 0.326 e. The van der Waals surface area contributed by atoms with Crippen LogP contribution in [0.4, 0.5) is 0 Å². The minimum atomic E-state index is -1.04. The molecule has 1 saturated heterocycles. The Morgan fingerprint density at radius 1 is 1.40 bits per heavy atom. The zero-order valence-electron chi connectivity index (χ0n) is 10.8. The summed E-state index contributed by atoms with van der Waals surface area (Å²) in [5.74, 6) is -1.38. The minimum absolute atomic E-state index is 0.251. The molecule has 0 radical (unpaired) electrons. The van der Waals surface area contributed by atoms with Crippen molar-refractivity contribution in [2.24, 2.45) is 0 Å².